The van der Waals surface area contributed by atoms with Crippen molar-refractivity contribution in [3.8, 4) is 0 Å². The van der Waals surface area contributed by atoms with E-state index in [9.17, 15) is 13.2 Å². The molecule has 1 amide bonds. The van der Waals surface area contributed by atoms with Gasteiger partial charge in [0.2, 0.25) is 0 Å². The van der Waals surface area contributed by atoms with Crippen LogP contribution in [0.1, 0.15) is 22.3 Å². The Labute approximate surface area is 112 Å². The van der Waals surface area contributed by atoms with Crippen molar-refractivity contribution in [3.63, 3.8) is 0 Å². The molecule has 1 saturated heterocycles. The number of hydrogen-bond donors (Lipinski definition) is 3. The zero-order valence-corrected chi connectivity index (χ0v) is 11.5. The molecule has 1 aromatic carbocycles. The van der Waals surface area contributed by atoms with Crippen molar-refractivity contribution in [2.75, 3.05) is 16.9 Å². The molecular formula is C12H17N3O3S. The molecule has 1 heterocycles. The molecule has 6 nitrogen and oxygen atoms in total. The number of nitrogen functional groups attached to an aromatic ring is 1. The molecule has 2 rings (SSSR count). The van der Waals surface area contributed by atoms with Gasteiger partial charge in [0.25, 0.3) is 5.91 Å². The summed E-state index contributed by atoms with van der Waals surface area (Å²) in [6.45, 7) is 1.87. The highest BCUT2D eigenvalue weighted by atomic mass is 32.2. The standard InChI is InChI=1S/C12H17N3O3S/c1-8-2-3-11(15-13)10(6-8)12(16)14-9-4-5-19(17,18)7-9/h2-3,6,9,15H,4-5,7,13H2,1H3,(H,14,16). The van der Waals surface area contributed by atoms with Crippen LogP contribution in [0.4, 0.5) is 5.69 Å². The number of rotatable bonds is 3. The Kier molecular flexibility index (Phi) is 3.77. The summed E-state index contributed by atoms with van der Waals surface area (Å²) in [7, 11) is -3.00. The number of carbonyl (C=O) groups is 1. The minimum Gasteiger partial charge on any atom is -0.348 e. The number of nitrogens with two attached hydrogens (primary N) is 1. The lowest BCUT2D eigenvalue weighted by atomic mass is 10.1. The summed E-state index contributed by atoms with van der Waals surface area (Å²) in [4.78, 5) is 12.1. The van der Waals surface area contributed by atoms with Crippen molar-refractivity contribution in [2.45, 2.75) is 19.4 Å². The van der Waals surface area contributed by atoms with Gasteiger partial charge in [0.1, 0.15) is 0 Å². The summed E-state index contributed by atoms with van der Waals surface area (Å²) in [6.07, 6.45) is 0.464. The predicted octanol–water partition coefficient (Wildman–Crippen LogP) is 0.198. The lowest BCUT2D eigenvalue weighted by Crippen LogP contribution is -2.36. The quantitative estimate of drug-likeness (QED) is 0.543. The zero-order chi connectivity index (χ0) is 14.0. The molecule has 0 aliphatic carbocycles. The van der Waals surface area contributed by atoms with Crippen molar-refractivity contribution in [1.82, 2.24) is 5.32 Å². The van der Waals surface area contributed by atoms with Crippen molar-refractivity contribution < 1.29 is 13.2 Å². The SMILES string of the molecule is Cc1ccc(NN)c(C(=O)NC2CCS(=O)(=O)C2)c1. The molecule has 0 aromatic heterocycles. The van der Waals surface area contributed by atoms with E-state index in [1.165, 1.54) is 0 Å². The molecule has 1 unspecified atom stereocenters. The number of amides is 1. The fourth-order valence-corrected chi connectivity index (χ4v) is 3.82. The van der Waals surface area contributed by atoms with E-state index in [1.54, 1.807) is 12.1 Å². The van der Waals surface area contributed by atoms with Crippen LogP contribution in [0.15, 0.2) is 18.2 Å². The van der Waals surface area contributed by atoms with Gasteiger partial charge in [-0.1, -0.05) is 11.6 Å². The van der Waals surface area contributed by atoms with E-state index in [0.29, 0.717) is 17.7 Å². The molecule has 1 aliphatic rings. The van der Waals surface area contributed by atoms with Crippen LogP contribution in [0.3, 0.4) is 0 Å². The number of hydrazine groups is 1. The van der Waals surface area contributed by atoms with Crippen molar-refractivity contribution in [1.29, 1.82) is 0 Å². The largest absolute Gasteiger partial charge is 0.348 e. The second-order valence-electron chi connectivity index (χ2n) is 4.77. The number of nitrogens with one attached hydrogen (secondary N) is 2. The van der Waals surface area contributed by atoms with E-state index in [0.717, 1.165) is 5.56 Å². The molecular weight excluding hydrogens is 266 g/mol. The Hall–Kier alpha value is -1.60. The van der Waals surface area contributed by atoms with Crippen LogP contribution in [0.2, 0.25) is 0 Å². The minimum atomic E-state index is -3.00. The Bertz CT molecular complexity index is 598. The van der Waals surface area contributed by atoms with Gasteiger partial charge in [-0.15, -0.1) is 0 Å². The van der Waals surface area contributed by atoms with E-state index in [2.05, 4.69) is 10.7 Å². The Balaban J connectivity index is 2.14. The van der Waals surface area contributed by atoms with Crippen LogP contribution in [-0.2, 0) is 9.84 Å². The molecule has 1 aromatic rings. The van der Waals surface area contributed by atoms with Gasteiger partial charge >= 0.3 is 0 Å². The van der Waals surface area contributed by atoms with Crippen LogP contribution in [-0.4, -0.2) is 31.9 Å². The zero-order valence-electron chi connectivity index (χ0n) is 10.6. The first kappa shape index (κ1) is 13.8. The van der Waals surface area contributed by atoms with Gasteiger partial charge in [0.15, 0.2) is 9.84 Å². The molecule has 0 bridgehead atoms. The van der Waals surface area contributed by atoms with Gasteiger partial charge in [0, 0.05) is 6.04 Å². The second-order valence-corrected chi connectivity index (χ2v) is 7.00. The molecule has 0 saturated carbocycles. The van der Waals surface area contributed by atoms with Crippen molar-refractivity contribution >= 4 is 21.4 Å². The molecule has 7 heteroatoms. The molecule has 0 spiro atoms. The predicted molar refractivity (Wildman–Crippen MR) is 73.5 cm³/mol. The fraction of sp³-hybridized carbons (Fsp3) is 0.417. The number of anilines is 1. The average Bonchev–Trinajstić information content (AvgIpc) is 2.68. The molecule has 19 heavy (non-hydrogen) atoms. The Morgan fingerprint density at radius 3 is 2.74 bits per heavy atom. The van der Waals surface area contributed by atoms with E-state index in [4.69, 9.17) is 5.84 Å². The molecule has 1 atom stereocenters. The van der Waals surface area contributed by atoms with E-state index < -0.39 is 9.84 Å². The summed E-state index contributed by atoms with van der Waals surface area (Å²) in [5, 5.41) is 2.74. The van der Waals surface area contributed by atoms with E-state index >= 15 is 0 Å². The van der Waals surface area contributed by atoms with Crippen LogP contribution < -0.4 is 16.6 Å². The molecule has 1 aliphatic heterocycles. The number of aryl methyl sites for hydroxylation is 1. The van der Waals surface area contributed by atoms with Gasteiger partial charge in [-0.25, -0.2) is 8.42 Å². The molecule has 1 fully saturated rings. The van der Waals surface area contributed by atoms with E-state index in [1.807, 2.05) is 13.0 Å². The summed E-state index contributed by atoms with van der Waals surface area (Å²) in [5.74, 6) is 5.20. The van der Waals surface area contributed by atoms with Crippen LogP contribution >= 0.6 is 0 Å². The lowest BCUT2D eigenvalue weighted by Gasteiger charge is -2.14. The van der Waals surface area contributed by atoms with Crippen LogP contribution in [0.5, 0.6) is 0 Å². The number of benzene rings is 1. The summed E-state index contributed by atoms with van der Waals surface area (Å²) in [5.41, 5.74) is 4.34. The first-order valence-corrected chi connectivity index (χ1v) is 7.82. The molecule has 4 N–H and O–H groups in total. The second kappa shape index (κ2) is 5.18. The van der Waals surface area contributed by atoms with Gasteiger partial charge < -0.3 is 10.7 Å². The topological polar surface area (TPSA) is 101 Å². The maximum absolute atomic E-state index is 12.1. The molecule has 0 radical (unpaired) electrons. The summed E-state index contributed by atoms with van der Waals surface area (Å²) < 4.78 is 22.7. The number of sulfone groups is 1. The van der Waals surface area contributed by atoms with Gasteiger partial charge in [-0.3, -0.25) is 10.6 Å². The smallest absolute Gasteiger partial charge is 0.253 e. The monoisotopic (exact) mass is 283 g/mol. The van der Waals surface area contributed by atoms with Crippen LogP contribution in [0.25, 0.3) is 0 Å². The normalized spacial score (nSPS) is 21.1. The third kappa shape index (κ3) is 3.24. The third-order valence-electron chi connectivity index (χ3n) is 3.14. The fourth-order valence-electron chi connectivity index (χ4n) is 2.14. The highest BCUT2D eigenvalue weighted by Crippen LogP contribution is 2.18. The van der Waals surface area contributed by atoms with Gasteiger partial charge in [0.05, 0.1) is 22.8 Å². The number of hydrogen-bond acceptors (Lipinski definition) is 5. The summed E-state index contributed by atoms with van der Waals surface area (Å²) in [6, 6.07) is 4.96. The Morgan fingerprint density at radius 2 is 2.16 bits per heavy atom. The first-order valence-electron chi connectivity index (χ1n) is 6.00. The Morgan fingerprint density at radius 1 is 1.42 bits per heavy atom. The minimum absolute atomic E-state index is 0.00986. The van der Waals surface area contributed by atoms with Gasteiger partial charge in [-0.05, 0) is 25.5 Å². The lowest BCUT2D eigenvalue weighted by molar-refractivity contribution is 0.0942. The summed E-state index contributed by atoms with van der Waals surface area (Å²) >= 11 is 0. The maximum Gasteiger partial charge on any atom is 0.253 e. The maximum atomic E-state index is 12.1. The van der Waals surface area contributed by atoms with Crippen molar-refractivity contribution in [2.24, 2.45) is 5.84 Å². The van der Waals surface area contributed by atoms with Crippen molar-refractivity contribution in [3.05, 3.63) is 29.3 Å². The highest BCUT2D eigenvalue weighted by Gasteiger charge is 2.29. The van der Waals surface area contributed by atoms with E-state index in [-0.39, 0.29) is 23.5 Å². The van der Waals surface area contributed by atoms with Crippen LogP contribution in [0, 0.1) is 6.92 Å². The average molecular weight is 283 g/mol. The van der Waals surface area contributed by atoms with Gasteiger partial charge in [-0.2, -0.15) is 0 Å². The first-order chi connectivity index (χ1) is 8.91. The highest BCUT2D eigenvalue weighted by molar-refractivity contribution is 7.91. The third-order valence-corrected chi connectivity index (χ3v) is 4.91. The molecule has 104 valence electrons. The number of carbonyl (C=O) groups excluding carboxylic acids is 1.